The Kier molecular flexibility index (Phi) is 5.39. The van der Waals surface area contributed by atoms with Gasteiger partial charge in [-0.1, -0.05) is 11.6 Å². The highest BCUT2D eigenvalue weighted by molar-refractivity contribution is 5.18. The van der Waals surface area contributed by atoms with Gasteiger partial charge in [0.2, 0.25) is 0 Å². The topological polar surface area (TPSA) is 30.5 Å². The summed E-state index contributed by atoms with van der Waals surface area (Å²) in [6.45, 7) is 16.1. The first kappa shape index (κ1) is 15.0. The van der Waals surface area contributed by atoms with Crippen molar-refractivity contribution < 1.29 is 0 Å². The van der Waals surface area contributed by atoms with Crippen molar-refractivity contribution in [3.05, 3.63) is 11.6 Å². The molecule has 2 rings (SSSR count). The highest BCUT2D eigenvalue weighted by atomic mass is 15.3. The fourth-order valence-corrected chi connectivity index (χ4v) is 3.25. The highest BCUT2D eigenvalue weighted by Gasteiger charge is 2.31. The van der Waals surface area contributed by atoms with E-state index < -0.39 is 0 Å². The maximum Gasteiger partial charge on any atom is 0.0481 e. The summed E-state index contributed by atoms with van der Waals surface area (Å²) < 4.78 is 0. The Balaban J connectivity index is 1.90. The lowest BCUT2D eigenvalue weighted by Crippen LogP contribution is -2.54. The molecule has 0 aliphatic carbocycles. The van der Waals surface area contributed by atoms with E-state index in [0.717, 1.165) is 39.4 Å². The summed E-state index contributed by atoms with van der Waals surface area (Å²) in [5.74, 6) is 0. The van der Waals surface area contributed by atoms with Gasteiger partial charge in [-0.2, -0.15) is 0 Å². The van der Waals surface area contributed by atoms with Crippen LogP contribution in [0.3, 0.4) is 0 Å². The van der Waals surface area contributed by atoms with Crippen LogP contribution in [0.5, 0.6) is 0 Å². The summed E-state index contributed by atoms with van der Waals surface area (Å²) in [5, 5.41) is 6.85. The van der Waals surface area contributed by atoms with Crippen molar-refractivity contribution in [2.75, 3.05) is 52.5 Å². The van der Waals surface area contributed by atoms with Gasteiger partial charge in [0.25, 0.3) is 0 Å². The van der Waals surface area contributed by atoms with Gasteiger partial charge in [-0.25, -0.2) is 0 Å². The SMILES string of the molecule is C/C=C(\CCN1CCNC1)C(C)(C)N1CCNCC1. The van der Waals surface area contributed by atoms with Crippen LogP contribution in [0.2, 0.25) is 0 Å². The van der Waals surface area contributed by atoms with Crippen LogP contribution >= 0.6 is 0 Å². The van der Waals surface area contributed by atoms with E-state index in [1.54, 1.807) is 5.57 Å². The normalized spacial score (nSPS) is 24.1. The molecule has 19 heavy (non-hydrogen) atoms. The predicted octanol–water partition coefficient (Wildman–Crippen LogP) is 0.869. The Labute approximate surface area is 118 Å². The van der Waals surface area contributed by atoms with E-state index in [4.69, 9.17) is 0 Å². The molecule has 4 nitrogen and oxygen atoms in total. The molecule has 2 heterocycles. The third kappa shape index (κ3) is 3.78. The molecular weight excluding hydrogens is 236 g/mol. The lowest BCUT2D eigenvalue weighted by molar-refractivity contribution is 0.127. The van der Waals surface area contributed by atoms with Crippen LogP contribution < -0.4 is 10.6 Å². The van der Waals surface area contributed by atoms with Gasteiger partial charge in [0, 0.05) is 58.0 Å². The summed E-state index contributed by atoms with van der Waals surface area (Å²) in [5.41, 5.74) is 1.78. The molecule has 0 bridgehead atoms. The van der Waals surface area contributed by atoms with Gasteiger partial charge in [-0.15, -0.1) is 0 Å². The van der Waals surface area contributed by atoms with Gasteiger partial charge in [0.15, 0.2) is 0 Å². The van der Waals surface area contributed by atoms with Crippen molar-refractivity contribution >= 4 is 0 Å². The molecule has 2 fully saturated rings. The maximum absolute atomic E-state index is 3.44. The van der Waals surface area contributed by atoms with Crippen LogP contribution in [0.25, 0.3) is 0 Å². The van der Waals surface area contributed by atoms with E-state index in [0.29, 0.717) is 0 Å². The van der Waals surface area contributed by atoms with E-state index in [1.165, 1.54) is 19.5 Å². The van der Waals surface area contributed by atoms with Gasteiger partial charge < -0.3 is 10.6 Å². The summed E-state index contributed by atoms with van der Waals surface area (Å²) in [4.78, 5) is 5.14. The summed E-state index contributed by atoms with van der Waals surface area (Å²) in [7, 11) is 0. The van der Waals surface area contributed by atoms with E-state index >= 15 is 0 Å². The van der Waals surface area contributed by atoms with Crippen LogP contribution in [0.1, 0.15) is 27.2 Å². The molecule has 0 atom stereocenters. The van der Waals surface area contributed by atoms with Crippen molar-refractivity contribution in [3.63, 3.8) is 0 Å². The molecule has 110 valence electrons. The van der Waals surface area contributed by atoms with Crippen molar-refractivity contribution in [2.24, 2.45) is 0 Å². The third-order valence-corrected chi connectivity index (χ3v) is 4.68. The van der Waals surface area contributed by atoms with E-state index in [2.05, 4.69) is 47.3 Å². The molecular formula is C15H30N4. The number of nitrogens with zero attached hydrogens (tertiary/aromatic N) is 2. The minimum atomic E-state index is 0.198. The molecule has 0 spiro atoms. The van der Waals surface area contributed by atoms with Gasteiger partial charge in [-0.3, -0.25) is 9.80 Å². The molecule has 0 saturated carbocycles. The molecule has 0 amide bonds. The van der Waals surface area contributed by atoms with E-state index in [1.807, 2.05) is 0 Å². The largest absolute Gasteiger partial charge is 0.314 e. The Morgan fingerprint density at radius 1 is 1.11 bits per heavy atom. The van der Waals surface area contributed by atoms with Crippen LogP contribution in [0.4, 0.5) is 0 Å². The second-order valence-electron chi connectivity index (χ2n) is 6.14. The molecule has 2 saturated heterocycles. The van der Waals surface area contributed by atoms with Crippen LogP contribution in [0, 0.1) is 0 Å². The van der Waals surface area contributed by atoms with E-state index in [-0.39, 0.29) is 5.54 Å². The fourth-order valence-electron chi connectivity index (χ4n) is 3.25. The molecule has 0 radical (unpaired) electrons. The van der Waals surface area contributed by atoms with Gasteiger partial charge in [0.1, 0.15) is 0 Å². The predicted molar refractivity (Wildman–Crippen MR) is 81.3 cm³/mol. The number of piperazine rings is 1. The molecule has 0 aromatic rings. The second kappa shape index (κ2) is 6.84. The molecule has 2 aliphatic heterocycles. The smallest absolute Gasteiger partial charge is 0.0481 e. The molecule has 0 aromatic carbocycles. The molecule has 4 heteroatoms. The number of hydrogen-bond donors (Lipinski definition) is 2. The quantitative estimate of drug-likeness (QED) is 0.723. The first-order valence-corrected chi connectivity index (χ1v) is 7.69. The third-order valence-electron chi connectivity index (χ3n) is 4.68. The maximum atomic E-state index is 3.44. The van der Waals surface area contributed by atoms with Crippen molar-refractivity contribution in [2.45, 2.75) is 32.7 Å². The number of allylic oxidation sites excluding steroid dienone is 1. The highest BCUT2D eigenvalue weighted by Crippen LogP contribution is 2.27. The zero-order valence-corrected chi connectivity index (χ0v) is 12.8. The zero-order valence-electron chi connectivity index (χ0n) is 12.8. The average molecular weight is 266 g/mol. The lowest BCUT2D eigenvalue weighted by atomic mass is 9.88. The van der Waals surface area contributed by atoms with Crippen LogP contribution in [-0.4, -0.2) is 67.8 Å². The monoisotopic (exact) mass is 266 g/mol. The molecule has 0 aromatic heterocycles. The van der Waals surface area contributed by atoms with E-state index in [9.17, 15) is 0 Å². The zero-order chi connectivity index (χ0) is 13.7. The lowest BCUT2D eigenvalue weighted by Gasteiger charge is -2.43. The summed E-state index contributed by atoms with van der Waals surface area (Å²) in [6.07, 6.45) is 3.53. The average Bonchev–Trinajstić information content (AvgIpc) is 2.93. The minimum absolute atomic E-state index is 0.198. The molecule has 0 unspecified atom stereocenters. The Hall–Kier alpha value is -0.420. The minimum Gasteiger partial charge on any atom is -0.314 e. The Morgan fingerprint density at radius 3 is 2.37 bits per heavy atom. The van der Waals surface area contributed by atoms with Crippen LogP contribution in [0.15, 0.2) is 11.6 Å². The number of rotatable bonds is 5. The number of nitrogens with one attached hydrogen (secondary N) is 2. The van der Waals surface area contributed by atoms with Crippen molar-refractivity contribution in [1.82, 2.24) is 20.4 Å². The Morgan fingerprint density at radius 2 is 1.79 bits per heavy atom. The van der Waals surface area contributed by atoms with Gasteiger partial charge in [-0.05, 0) is 27.2 Å². The first-order chi connectivity index (χ1) is 9.14. The first-order valence-electron chi connectivity index (χ1n) is 7.69. The Bertz CT molecular complexity index is 299. The molecule has 2 aliphatic rings. The van der Waals surface area contributed by atoms with Crippen LogP contribution in [-0.2, 0) is 0 Å². The standard InChI is InChI=1S/C15H30N4/c1-4-14(5-9-18-10-6-17-13-18)15(2,3)19-11-7-16-8-12-19/h4,16-17H,5-13H2,1-3H3/b14-4+. The van der Waals surface area contributed by atoms with Gasteiger partial charge >= 0.3 is 0 Å². The molecule has 2 N–H and O–H groups in total. The van der Waals surface area contributed by atoms with Crippen molar-refractivity contribution in [3.8, 4) is 0 Å². The second-order valence-corrected chi connectivity index (χ2v) is 6.14. The van der Waals surface area contributed by atoms with Crippen molar-refractivity contribution in [1.29, 1.82) is 0 Å². The van der Waals surface area contributed by atoms with Gasteiger partial charge in [0.05, 0.1) is 0 Å². The summed E-state index contributed by atoms with van der Waals surface area (Å²) >= 11 is 0. The number of hydrogen-bond acceptors (Lipinski definition) is 4. The fraction of sp³-hybridized carbons (Fsp3) is 0.867. The summed E-state index contributed by atoms with van der Waals surface area (Å²) in [6, 6.07) is 0.